The van der Waals surface area contributed by atoms with E-state index in [1.807, 2.05) is 0 Å². The van der Waals surface area contributed by atoms with Crippen LogP contribution in [0.15, 0.2) is 69.2 Å². The summed E-state index contributed by atoms with van der Waals surface area (Å²) in [6, 6.07) is 13.6. The molecule has 2 aromatic carbocycles. The quantitative estimate of drug-likeness (QED) is 0.297. The van der Waals surface area contributed by atoms with Crippen molar-refractivity contribution in [3.63, 3.8) is 0 Å². The largest absolute Gasteiger partial charge is 0.467 e. The molecule has 1 aliphatic heterocycles. The molecule has 4 aromatic rings. The second kappa shape index (κ2) is 9.55. The van der Waals surface area contributed by atoms with Gasteiger partial charge in [-0.3, -0.25) is 19.0 Å². The first-order valence-corrected chi connectivity index (χ1v) is 11.6. The number of nitrogens with one attached hydrogen (secondary N) is 2. The fourth-order valence-electron chi connectivity index (χ4n) is 3.57. The van der Waals surface area contributed by atoms with Gasteiger partial charge in [-0.25, -0.2) is 4.98 Å². The molecule has 178 valence electrons. The third-order valence-corrected chi connectivity index (χ3v) is 6.11. The Morgan fingerprint density at radius 3 is 2.46 bits per heavy atom. The van der Waals surface area contributed by atoms with Crippen molar-refractivity contribution in [1.29, 1.82) is 0 Å². The molecule has 10 nitrogen and oxygen atoms in total. The summed E-state index contributed by atoms with van der Waals surface area (Å²) in [7, 11) is 0. The number of rotatable bonds is 7. The van der Waals surface area contributed by atoms with E-state index in [0.29, 0.717) is 44.7 Å². The average Bonchev–Trinajstić information content (AvgIpc) is 3.51. The van der Waals surface area contributed by atoms with Crippen molar-refractivity contribution in [1.82, 2.24) is 9.55 Å². The van der Waals surface area contributed by atoms with Gasteiger partial charge in [0.1, 0.15) is 5.76 Å². The predicted molar refractivity (Wildman–Crippen MR) is 130 cm³/mol. The summed E-state index contributed by atoms with van der Waals surface area (Å²) in [5.74, 6) is 1.17. The van der Waals surface area contributed by atoms with Crippen molar-refractivity contribution in [3.05, 3.63) is 70.9 Å². The fourth-order valence-corrected chi connectivity index (χ4v) is 4.36. The second-order valence-corrected chi connectivity index (χ2v) is 8.63. The molecular formula is C24H20N4O6S. The lowest BCUT2D eigenvalue weighted by Crippen LogP contribution is -2.24. The molecule has 35 heavy (non-hydrogen) atoms. The minimum atomic E-state index is -0.277. The average molecular weight is 493 g/mol. The van der Waals surface area contributed by atoms with Gasteiger partial charge >= 0.3 is 0 Å². The van der Waals surface area contributed by atoms with Gasteiger partial charge in [-0.05, 0) is 42.5 Å². The Kier molecular flexibility index (Phi) is 6.15. The molecule has 0 saturated carbocycles. The van der Waals surface area contributed by atoms with E-state index < -0.39 is 0 Å². The van der Waals surface area contributed by atoms with Gasteiger partial charge < -0.3 is 24.5 Å². The van der Waals surface area contributed by atoms with Crippen molar-refractivity contribution in [2.24, 2.45) is 0 Å². The highest BCUT2D eigenvalue weighted by Gasteiger charge is 2.20. The molecule has 2 N–H and O–H groups in total. The first kappa shape index (κ1) is 22.5. The fraction of sp³-hybridized carbons (Fsp3) is 0.167. The number of aromatic nitrogens is 2. The number of carbonyl (C=O) groups is 2. The molecule has 5 rings (SSSR count). The van der Waals surface area contributed by atoms with E-state index in [-0.39, 0.29) is 36.5 Å². The van der Waals surface area contributed by atoms with Crippen LogP contribution in [0.2, 0.25) is 0 Å². The third-order valence-electron chi connectivity index (χ3n) is 5.13. The lowest BCUT2D eigenvalue weighted by molar-refractivity contribution is -0.114. The van der Waals surface area contributed by atoms with Gasteiger partial charge in [0.2, 0.25) is 18.6 Å². The van der Waals surface area contributed by atoms with E-state index in [1.165, 1.54) is 17.8 Å². The van der Waals surface area contributed by atoms with Crippen molar-refractivity contribution >= 4 is 45.9 Å². The number of amides is 2. The topological polar surface area (TPSA) is 125 Å². The molecule has 0 unspecified atom stereocenters. The zero-order chi connectivity index (χ0) is 24.4. The molecule has 0 atom stereocenters. The number of fused-ring (bicyclic) bond motifs is 2. The van der Waals surface area contributed by atoms with Gasteiger partial charge in [0, 0.05) is 24.4 Å². The van der Waals surface area contributed by atoms with E-state index >= 15 is 0 Å². The van der Waals surface area contributed by atoms with Crippen LogP contribution in [0, 0.1) is 0 Å². The summed E-state index contributed by atoms with van der Waals surface area (Å²) in [6.07, 6.45) is 1.53. The number of anilines is 2. The molecule has 0 fully saturated rings. The highest BCUT2D eigenvalue weighted by atomic mass is 32.2. The van der Waals surface area contributed by atoms with Gasteiger partial charge in [-0.1, -0.05) is 11.8 Å². The Morgan fingerprint density at radius 1 is 1.06 bits per heavy atom. The zero-order valence-electron chi connectivity index (χ0n) is 18.6. The van der Waals surface area contributed by atoms with Crippen LogP contribution in [-0.2, 0) is 16.1 Å². The minimum Gasteiger partial charge on any atom is -0.467 e. The maximum atomic E-state index is 13.4. The predicted octanol–water partition coefficient (Wildman–Crippen LogP) is 3.46. The summed E-state index contributed by atoms with van der Waals surface area (Å²) in [6.45, 7) is 1.67. The number of nitrogens with zero attached hydrogens (tertiary/aromatic N) is 2. The van der Waals surface area contributed by atoms with Crippen LogP contribution in [0.1, 0.15) is 12.7 Å². The van der Waals surface area contributed by atoms with Crippen LogP contribution in [0.4, 0.5) is 11.4 Å². The molecular weight excluding hydrogens is 472 g/mol. The summed E-state index contributed by atoms with van der Waals surface area (Å²) in [4.78, 5) is 41.8. The van der Waals surface area contributed by atoms with Crippen LogP contribution in [-0.4, -0.2) is 33.9 Å². The van der Waals surface area contributed by atoms with E-state index in [9.17, 15) is 14.4 Å². The Morgan fingerprint density at radius 2 is 1.77 bits per heavy atom. The maximum absolute atomic E-state index is 13.4. The Hall–Kier alpha value is -4.25. The van der Waals surface area contributed by atoms with Crippen molar-refractivity contribution in [3.8, 4) is 11.5 Å². The summed E-state index contributed by atoms with van der Waals surface area (Å²) < 4.78 is 17.7. The maximum Gasteiger partial charge on any atom is 0.262 e. The number of hydrogen-bond acceptors (Lipinski definition) is 8. The van der Waals surface area contributed by atoms with Gasteiger partial charge in [-0.2, -0.15) is 0 Å². The van der Waals surface area contributed by atoms with Crippen LogP contribution >= 0.6 is 11.8 Å². The summed E-state index contributed by atoms with van der Waals surface area (Å²) in [5, 5.41) is 6.22. The summed E-state index contributed by atoms with van der Waals surface area (Å²) >= 11 is 1.14. The van der Waals surface area contributed by atoms with Gasteiger partial charge in [-0.15, -0.1) is 0 Å². The SMILES string of the molecule is CC(=O)Nc1ccc(NC(=O)CSc2nc3cc4c(cc3c(=O)n2Cc2ccco2)OCO4)cc1. The van der Waals surface area contributed by atoms with Crippen molar-refractivity contribution in [2.75, 3.05) is 23.2 Å². The monoisotopic (exact) mass is 492 g/mol. The molecule has 0 saturated heterocycles. The molecule has 2 aromatic heterocycles. The lowest BCUT2D eigenvalue weighted by Gasteiger charge is -2.13. The Labute approximate surface area is 203 Å². The Balaban J connectivity index is 1.38. The van der Waals surface area contributed by atoms with E-state index in [4.69, 9.17) is 13.9 Å². The molecule has 0 spiro atoms. The van der Waals surface area contributed by atoms with Gasteiger partial charge in [0.15, 0.2) is 16.7 Å². The first-order valence-electron chi connectivity index (χ1n) is 10.6. The molecule has 0 radical (unpaired) electrons. The highest BCUT2D eigenvalue weighted by Crippen LogP contribution is 2.35. The normalized spacial score (nSPS) is 12.0. The number of ether oxygens (including phenoxy) is 2. The Bertz CT molecular complexity index is 1460. The van der Waals surface area contributed by atoms with Crippen LogP contribution in [0.25, 0.3) is 10.9 Å². The van der Waals surface area contributed by atoms with Gasteiger partial charge in [0.05, 0.1) is 29.5 Å². The minimum absolute atomic E-state index is 0.0219. The second-order valence-electron chi connectivity index (χ2n) is 7.68. The number of carbonyl (C=O) groups excluding carboxylic acids is 2. The van der Waals surface area contributed by atoms with Gasteiger partial charge in [0.25, 0.3) is 5.56 Å². The molecule has 11 heteroatoms. The van der Waals surface area contributed by atoms with Crippen LogP contribution in [0.5, 0.6) is 11.5 Å². The van der Waals surface area contributed by atoms with E-state index in [0.717, 1.165) is 11.8 Å². The number of thioether (sulfide) groups is 1. The van der Waals surface area contributed by atoms with Crippen molar-refractivity contribution in [2.45, 2.75) is 18.6 Å². The first-order chi connectivity index (χ1) is 17.0. The van der Waals surface area contributed by atoms with Crippen molar-refractivity contribution < 1.29 is 23.5 Å². The van der Waals surface area contributed by atoms with Crippen LogP contribution in [0.3, 0.4) is 0 Å². The summed E-state index contributed by atoms with van der Waals surface area (Å²) in [5.41, 5.74) is 1.39. The standard InChI is InChI=1S/C24H20N4O6S/c1-14(29)25-15-4-6-16(7-5-15)26-22(30)12-35-24-27-19-10-21-20(33-13-34-21)9-18(19)23(31)28(24)11-17-3-2-8-32-17/h2-10H,11-13H2,1H3,(H,25,29)(H,26,30). The molecule has 1 aliphatic rings. The number of hydrogen-bond donors (Lipinski definition) is 2. The lowest BCUT2D eigenvalue weighted by atomic mass is 10.2. The zero-order valence-corrected chi connectivity index (χ0v) is 19.4. The molecule has 3 heterocycles. The van der Waals surface area contributed by atoms with Crippen LogP contribution < -0.4 is 25.7 Å². The van der Waals surface area contributed by atoms with E-state index in [1.54, 1.807) is 48.5 Å². The van der Waals surface area contributed by atoms with E-state index in [2.05, 4.69) is 15.6 Å². The highest BCUT2D eigenvalue weighted by molar-refractivity contribution is 7.99. The molecule has 2 amide bonds. The number of benzene rings is 2. The molecule has 0 aliphatic carbocycles. The molecule has 0 bridgehead atoms. The smallest absolute Gasteiger partial charge is 0.262 e. The number of furan rings is 1. The third kappa shape index (κ3) is 4.99.